The van der Waals surface area contributed by atoms with Gasteiger partial charge in [-0.3, -0.25) is 0 Å². The summed E-state index contributed by atoms with van der Waals surface area (Å²) in [7, 11) is 0. The Morgan fingerprint density at radius 1 is 0.766 bits per heavy atom. The predicted octanol–water partition coefficient (Wildman–Crippen LogP) is 7.68. The fourth-order valence-corrected chi connectivity index (χ4v) is 5.41. The molecule has 8 heteroatoms. The van der Waals surface area contributed by atoms with Gasteiger partial charge in [0.1, 0.15) is 35.9 Å². The summed E-state index contributed by atoms with van der Waals surface area (Å²) < 4.78 is 23.2. The molecular weight excluding hydrogens is 596 g/mol. The van der Waals surface area contributed by atoms with Gasteiger partial charge in [0.15, 0.2) is 0 Å². The zero-order valence-corrected chi connectivity index (χ0v) is 29.9. The number of hydrogen-bond donors (Lipinski definition) is 2. The van der Waals surface area contributed by atoms with E-state index in [1.165, 1.54) is 0 Å². The molecule has 2 rings (SSSR count). The lowest BCUT2D eigenvalue weighted by Gasteiger charge is -2.32. The summed E-state index contributed by atoms with van der Waals surface area (Å²) in [5.74, 6) is 0.594. The van der Waals surface area contributed by atoms with Gasteiger partial charge in [0.2, 0.25) is 0 Å². The highest BCUT2D eigenvalue weighted by Gasteiger charge is 2.31. The van der Waals surface area contributed by atoms with Gasteiger partial charge >= 0.3 is 11.9 Å². The molecule has 0 spiro atoms. The van der Waals surface area contributed by atoms with Gasteiger partial charge in [-0.15, -0.1) is 0 Å². The van der Waals surface area contributed by atoms with Crippen LogP contribution in [0, 0.1) is 13.8 Å². The topological polar surface area (TPSA) is 112 Å². The van der Waals surface area contributed by atoms with Crippen molar-refractivity contribution in [1.82, 2.24) is 0 Å². The maximum Gasteiger partial charge on any atom is 0.333 e. The Balaban J connectivity index is 2.11. The first kappa shape index (κ1) is 39.6. The van der Waals surface area contributed by atoms with E-state index in [0.29, 0.717) is 36.2 Å². The molecule has 0 heterocycles. The van der Waals surface area contributed by atoms with E-state index in [1.807, 2.05) is 53.7 Å². The van der Waals surface area contributed by atoms with Gasteiger partial charge in [0.05, 0.1) is 12.2 Å². The second kappa shape index (κ2) is 17.5. The average Bonchev–Trinajstić information content (AvgIpc) is 3.00. The number of benzene rings is 2. The molecule has 0 saturated heterocycles. The minimum absolute atomic E-state index is 0.0750. The standard InChI is InChI=1S/C39H56O8/c1-12-33(29-15-17-34(27(8)19-29)44-23-31(40)22-39(11,14-3)47-37(43)26(6)7)30-16-18-35(28(9)20-30)46-38(10,13-2)21-32(41)24-45-36(42)25(4)5/h15-20,31-33,40-41H,4,6,12-14,21-24H2,1-3,5,7-11H3/t31?,32?,33?,38?,39-/m0/s1. The van der Waals surface area contributed by atoms with Gasteiger partial charge in [-0.05, 0) is 95.2 Å². The molecule has 0 bridgehead atoms. The van der Waals surface area contributed by atoms with Gasteiger partial charge in [-0.25, -0.2) is 9.59 Å². The fourth-order valence-electron chi connectivity index (χ4n) is 5.41. The first-order valence-electron chi connectivity index (χ1n) is 16.6. The second-order valence-electron chi connectivity index (χ2n) is 13.3. The number of ether oxygens (including phenoxy) is 4. The predicted molar refractivity (Wildman–Crippen MR) is 186 cm³/mol. The first-order chi connectivity index (χ1) is 22.0. The first-order valence-corrected chi connectivity index (χ1v) is 16.6. The van der Waals surface area contributed by atoms with Crippen molar-refractivity contribution < 1.29 is 38.7 Å². The van der Waals surface area contributed by atoms with Crippen LogP contribution in [0.5, 0.6) is 11.5 Å². The third-order valence-corrected chi connectivity index (χ3v) is 8.67. The van der Waals surface area contributed by atoms with Crippen LogP contribution in [0.3, 0.4) is 0 Å². The summed E-state index contributed by atoms with van der Waals surface area (Å²) in [6, 6.07) is 12.3. The van der Waals surface area contributed by atoms with E-state index in [9.17, 15) is 19.8 Å². The highest BCUT2D eigenvalue weighted by Crippen LogP contribution is 2.35. The van der Waals surface area contributed by atoms with E-state index in [4.69, 9.17) is 18.9 Å². The number of rotatable bonds is 19. The zero-order valence-electron chi connectivity index (χ0n) is 29.9. The van der Waals surface area contributed by atoms with Crippen molar-refractivity contribution >= 4 is 11.9 Å². The van der Waals surface area contributed by atoms with Gasteiger partial charge in [-0.2, -0.15) is 0 Å². The van der Waals surface area contributed by atoms with E-state index < -0.39 is 35.3 Å². The number of aryl methyl sites for hydroxylation is 2. The highest BCUT2D eigenvalue weighted by atomic mass is 16.6. The van der Waals surface area contributed by atoms with E-state index in [2.05, 4.69) is 44.3 Å². The third-order valence-electron chi connectivity index (χ3n) is 8.67. The SMILES string of the molecule is C=C(C)C(=O)OCC(O)CC(C)(CC)Oc1ccc(C(CC)c2ccc(OCC(O)C[C@](C)(CC)OC(=O)C(=C)C)c(C)c2)cc1C. The molecular formula is C39H56O8. The number of hydrogen-bond acceptors (Lipinski definition) is 8. The molecule has 0 aliphatic carbocycles. The lowest BCUT2D eigenvalue weighted by molar-refractivity contribution is -0.156. The molecule has 0 aromatic heterocycles. The molecule has 0 saturated carbocycles. The van der Waals surface area contributed by atoms with Crippen LogP contribution >= 0.6 is 0 Å². The largest absolute Gasteiger partial charge is 0.491 e. The minimum Gasteiger partial charge on any atom is -0.491 e. The van der Waals surface area contributed by atoms with E-state index in [-0.39, 0.29) is 25.6 Å². The molecule has 0 fully saturated rings. The molecule has 5 atom stereocenters. The number of aliphatic hydroxyl groups is 2. The molecule has 47 heavy (non-hydrogen) atoms. The summed E-state index contributed by atoms with van der Waals surface area (Å²) in [4.78, 5) is 23.8. The van der Waals surface area contributed by atoms with Crippen LogP contribution in [0.2, 0.25) is 0 Å². The zero-order chi connectivity index (χ0) is 35.5. The Morgan fingerprint density at radius 2 is 1.26 bits per heavy atom. The van der Waals surface area contributed by atoms with Crippen molar-refractivity contribution in [2.75, 3.05) is 13.2 Å². The Bertz CT molecular complexity index is 1400. The van der Waals surface area contributed by atoms with Crippen molar-refractivity contribution in [1.29, 1.82) is 0 Å². The molecule has 2 aromatic rings. The van der Waals surface area contributed by atoms with Crippen molar-refractivity contribution in [3.8, 4) is 11.5 Å². The van der Waals surface area contributed by atoms with Crippen LogP contribution in [-0.2, 0) is 19.1 Å². The summed E-state index contributed by atoms with van der Waals surface area (Å²) in [6.45, 7) is 24.2. The molecule has 260 valence electrons. The van der Waals surface area contributed by atoms with Crippen LogP contribution in [-0.4, -0.2) is 58.8 Å². The highest BCUT2D eigenvalue weighted by molar-refractivity contribution is 5.87. The van der Waals surface area contributed by atoms with Gasteiger partial charge < -0.3 is 29.2 Å². The normalized spacial score (nSPS) is 15.7. The molecule has 0 aliphatic rings. The average molecular weight is 653 g/mol. The summed E-state index contributed by atoms with van der Waals surface area (Å²) >= 11 is 0. The van der Waals surface area contributed by atoms with Crippen LogP contribution in [0.15, 0.2) is 60.7 Å². The molecule has 2 N–H and O–H groups in total. The maximum atomic E-state index is 12.1. The fraction of sp³-hybridized carbons (Fsp3) is 0.538. The summed E-state index contributed by atoms with van der Waals surface area (Å²) in [6.07, 6.45) is 0.962. The van der Waals surface area contributed by atoms with E-state index in [1.54, 1.807) is 13.8 Å². The van der Waals surface area contributed by atoms with Crippen molar-refractivity contribution in [3.63, 3.8) is 0 Å². The lowest BCUT2D eigenvalue weighted by Crippen LogP contribution is -2.38. The van der Waals surface area contributed by atoms with Crippen molar-refractivity contribution in [3.05, 3.63) is 83.0 Å². The van der Waals surface area contributed by atoms with Gasteiger partial charge in [0, 0.05) is 29.9 Å². The van der Waals surface area contributed by atoms with Crippen molar-refractivity contribution in [2.45, 2.75) is 124 Å². The molecule has 0 amide bonds. The number of carbonyl (C=O) groups is 2. The Labute approximate surface area is 281 Å². The third kappa shape index (κ3) is 11.8. The van der Waals surface area contributed by atoms with Crippen LogP contribution < -0.4 is 9.47 Å². The minimum atomic E-state index is -0.867. The number of esters is 2. The van der Waals surface area contributed by atoms with Crippen LogP contribution in [0.4, 0.5) is 0 Å². The van der Waals surface area contributed by atoms with E-state index >= 15 is 0 Å². The van der Waals surface area contributed by atoms with Gasteiger partial charge in [-0.1, -0.05) is 58.2 Å². The summed E-state index contributed by atoms with van der Waals surface area (Å²) in [5, 5.41) is 21.3. The Kier molecular flexibility index (Phi) is 14.7. The number of aliphatic hydroxyl groups excluding tert-OH is 2. The Morgan fingerprint density at radius 3 is 1.72 bits per heavy atom. The molecule has 8 nitrogen and oxygen atoms in total. The molecule has 0 aliphatic heterocycles. The van der Waals surface area contributed by atoms with Crippen LogP contribution in [0.1, 0.15) is 109 Å². The molecule has 2 aromatic carbocycles. The Hall–Kier alpha value is -3.62. The lowest BCUT2D eigenvalue weighted by atomic mass is 9.87. The number of carbonyl (C=O) groups excluding carboxylic acids is 2. The van der Waals surface area contributed by atoms with Crippen molar-refractivity contribution in [2.24, 2.45) is 0 Å². The molecule has 0 radical (unpaired) electrons. The smallest absolute Gasteiger partial charge is 0.333 e. The maximum absolute atomic E-state index is 12.1. The van der Waals surface area contributed by atoms with Gasteiger partial charge in [0.25, 0.3) is 0 Å². The van der Waals surface area contributed by atoms with E-state index in [0.717, 1.165) is 34.4 Å². The second-order valence-corrected chi connectivity index (χ2v) is 13.3. The monoisotopic (exact) mass is 652 g/mol. The molecule has 4 unspecified atom stereocenters. The summed E-state index contributed by atoms with van der Waals surface area (Å²) in [5.41, 5.74) is 3.41. The van der Waals surface area contributed by atoms with Crippen LogP contribution in [0.25, 0.3) is 0 Å². The quantitative estimate of drug-likeness (QED) is 0.117.